The fourth-order valence-corrected chi connectivity index (χ4v) is 4.98. The van der Waals surface area contributed by atoms with Crippen LogP contribution in [0.1, 0.15) is 18.7 Å². The number of nitrogens with zero attached hydrogens (tertiary/aromatic N) is 1. The summed E-state index contributed by atoms with van der Waals surface area (Å²) in [5.41, 5.74) is 1.77. The summed E-state index contributed by atoms with van der Waals surface area (Å²) in [6.07, 6.45) is 2.09. The molecule has 3 rings (SSSR count). The zero-order valence-corrected chi connectivity index (χ0v) is 15.3. The molecule has 3 N–H and O–H groups in total. The maximum Gasteiger partial charge on any atom is 0.314 e. The van der Waals surface area contributed by atoms with Crippen molar-refractivity contribution in [3.05, 3.63) is 29.0 Å². The van der Waals surface area contributed by atoms with Gasteiger partial charge in [-0.2, -0.15) is 0 Å². The van der Waals surface area contributed by atoms with Crippen molar-refractivity contribution in [1.29, 1.82) is 0 Å². The molecule has 1 aromatic heterocycles. The zero-order chi connectivity index (χ0) is 17.9. The van der Waals surface area contributed by atoms with Gasteiger partial charge in [0, 0.05) is 24.5 Å². The summed E-state index contributed by atoms with van der Waals surface area (Å²) in [4.78, 5) is 19.4. The van der Waals surface area contributed by atoms with Crippen LogP contribution in [0.2, 0.25) is 5.02 Å². The number of rotatable bonds is 6. The van der Waals surface area contributed by atoms with Crippen molar-refractivity contribution in [3.63, 3.8) is 0 Å². The second-order valence-corrected chi connectivity index (χ2v) is 9.02. The van der Waals surface area contributed by atoms with Crippen molar-refractivity contribution in [2.24, 2.45) is 5.92 Å². The van der Waals surface area contributed by atoms with Crippen molar-refractivity contribution in [2.45, 2.75) is 19.3 Å². The Morgan fingerprint density at radius 2 is 2.20 bits per heavy atom. The van der Waals surface area contributed by atoms with Crippen molar-refractivity contribution in [1.82, 2.24) is 20.6 Å². The highest BCUT2D eigenvalue weighted by Crippen LogP contribution is 2.18. The molecule has 1 aliphatic rings. The van der Waals surface area contributed by atoms with Crippen LogP contribution in [-0.4, -0.2) is 49.0 Å². The molecule has 9 heteroatoms. The van der Waals surface area contributed by atoms with Gasteiger partial charge in [-0.15, -0.1) is 0 Å². The van der Waals surface area contributed by atoms with E-state index in [2.05, 4.69) is 20.6 Å². The predicted molar refractivity (Wildman–Crippen MR) is 97.6 cm³/mol. The summed E-state index contributed by atoms with van der Waals surface area (Å²) in [6, 6.07) is 5.24. The number of urea groups is 1. The van der Waals surface area contributed by atoms with Crippen LogP contribution in [0.15, 0.2) is 18.2 Å². The molecule has 1 fully saturated rings. The Hall–Kier alpha value is -1.80. The lowest BCUT2D eigenvalue weighted by molar-refractivity contribution is 0.239. The van der Waals surface area contributed by atoms with E-state index >= 15 is 0 Å². The first kappa shape index (κ1) is 18.0. The Morgan fingerprint density at radius 3 is 2.96 bits per heavy atom. The van der Waals surface area contributed by atoms with Gasteiger partial charge in [0.25, 0.3) is 0 Å². The number of hydrogen-bond acceptors (Lipinski definition) is 4. The van der Waals surface area contributed by atoms with Crippen LogP contribution in [0.4, 0.5) is 4.79 Å². The molecule has 0 saturated carbocycles. The number of aromatic amines is 1. The summed E-state index contributed by atoms with van der Waals surface area (Å²) in [7, 11) is -2.90. The molecule has 0 bridgehead atoms. The Morgan fingerprint density at radius 1 is 1.36 bits per heavy atom. The van der Waals surface area contributed by atoms with Gasteiger partial charge >= 0.3 is 6.03 Å². The van der Waals surface area contributed by atoms with Gasteiger partial charge in [0.1, 0.15) is 5.82 Å². The number of benzene rings is 1. The first-order chi connectivity index (χ1) is 11.9. The number of amides is 2. The summed E-state index contributed by atoms with van der Waals surface area (Å²) in [5.74, 6) is 1.28. The molecule has 1 aromatic carbocycles. The van der Waals surface area contributed by atoms with Gasteiger partial charge in [0.15, 0.2) is 9.84 Å². The Balaban J connectivity index is 1.35. The number of carbonyl (C=O) groups excluding carboxylic acids is 1. The first-order valence-electron chi connectivity index (χ1n) is 8.27. The van der Waals surface area contributed by atoms with Crippen LogP contribution in [0.5, 0.6) is 0 Å². The van der Waals surface area contributed by atoms with E-state index in [0.717, 1.165) is 23.3 Å². The number of nitrogens with one attached hydrogen (secondary N) is 3. The van der Waals surface area contributed by atoms with Gasteiger partial charge in [-0.25, -0.2) is 18.2 Å². The number of imidazole rings is 1. The molecule has 1 atom stereocenters. The van der Waals surface area contributed by atoms with Gasteiger partial charge < -0.3 is 15.6 Å². The Bertz CT molecular complexity index is 865. The summed E-state index contributed by atoms with van der Waals surface area (Å²) < 4.78 is 22.7. The maximum atomic E-state index is 11.7. The lowest BCUT2D eigenvalue weighted by Crippen LogP contribution is -2.39. The van der Waals surface area contributed by atoms with Gasteiger partial charge in [0.05, 0.1) is 22.5 Å². The number of H-pyrrole nitrogens is 1. The largest absolute Gasteiger partial charge is 0.342 e. The molecular formula is C16H21ClN4O3S. The van der Waals surface area contributed by atoms with Crippen LogP contribution in [0.25, 0.3) is 11.0 Å². The summed E-state index contributed by atoms with van der Waals surface area (Å²) in [5, 5.41) is 6.18. The summed E-state index contributed by atoms with van der Waals surface area (Å²) >= 11 is 5.95. The molecule has 25 heavy (non-hydrogen) atoms. The molecular weight excluding hydrogens is 364 g/mol. The molecule has 136 valence electrons. The minimum absolute atomic E-state index is 0.0260. The zero-order valence-electron chi connectivity index (χ0n) is 13.7. The minimum atomic E-state index is -2.90. The third kappa shape index (κ3) is 5.09. The van der Waals surface area contributed by atoms with Crippen LogP contribution >= 0.6 is 11.6 Å². The van der Waals surface area contributed by atoms with Crippen LogP contribution < -0.4 is 10.6 Å². The molecule has 2 aromatic rings. The number of fused-ring (bicyclic) bond motifs is 1. The van der Waals surface area contributed by atoms with Gasteiger partial charge in [-0.3, -0.25) is 0 Å². The van der Waals surface area contributed by atoms with Crippen LogP contribution in [-0.2, 0) is 16.3 Å². The minimum Gasteiger partial charge on any atom is -0.342 e. The van der Waals surface area contributed by atoms with Gasteiger partial charge in [0.2, 0.25) is 0 Å². The topological polar surface area (TPSA) is 104 Å². The van der Waals surface area contributed by atoms with Gasteiger partial charge in [-0.05, 0) is 37.0 Å². The van der Waals surface area contributed by atoms with Crippen molar-refractivity contribution in [2.75, 3.05) is 24.6 Å². The van der Waals surface area contributed by atoms with Crippen LogP contribution in [0, 0.1) is 5.92 Å². The third-order valence-corrected chi connectivity index (χ3v) is 6.32. The standard InChI is InChI=1S/C16H21ClN4O3S/c17-12-3-4-13-14(8-12)21-15(20-13)2-1-6-18-16(22)19-9-11-5-7-25(23,24)10-11/h3-4,8,11H,1-2,5-7,9-10H2,(H,20,21)(H2,18,19,22). The van der Waals surface area contributed by atoms with Crippen molar-refractivity contribution < 1.29 is 13.2 Å². The van der Waals surface area contributed by atoms with Gasteiger partial charge in [-0.1, -0.05) is 11.6 Å². The van der Waals surface area contributed by atoms with E-state index < -0.39 is 9.84 Å². The number of halogens is 1. The van der Waals surface area contributed by atoms with E-state index in [1.807, 2.05) is 12.1 Å². The van der Waals surface area contributed by atoms with E-state index in [-0.39, 0.29) is 23.5 Å². The SMILES string of the molecule is O=C(NCCCc1nc2ccc(Cl)cc2[nH]1)NCC1CCS(=O)(=O)C1. The van der Waals surface area contributed by atoms with E-state index in [1.54, 1.807) is 6.07 Å². The fraction of sp³-hybridized carbons (Fsp3) is 0.500. The number of carbonyl (C=O) groups is 1. The number of hydrogen-bond donors (Lipinski definition) is 3. The first-order valence-corrected chi connectivity index (χ1v) is 10.5. The van der Waals surface area contributed by atoms with E-state index in [4.69, 9.17) is 11.6 Å². The normalized spacial score (nSPS) is 19.2. The molecule has 2 amide bonds. The molecule has 1 aliphatic heterocycles. The number of aromatic nitrogens is 2. The second kappa shape index (κ2) is 7.61. The average Bonchev–Trinajstić information content (AvgIpc) is 3.11. The highest BCUT2D eigenvalue weighted by molar-refractivity contribution is 7.91. The lowest BCUT2D eigenvalue weighted by Gasteiger charge is -2.10. The quantitative estimate of drug-likeness (QED) is 0.661. The van der Waals surface area contributed by atoms with E-state index in [9.17, 15) is 13.2 Å². The molecule has 0 spiro atoms. The van der Waals surface area contributed by atoms with E-state index in [0.29, 0.717) is 31.0 Å². The Kier molecular flexibility index (Phi) is 5.48. The Labute approximate surface area is 151 Å². The second-order valence-electron chi connectivity index (χ2n) is 6.35. The van der Waals surface area contributed by atoms with Crippen molar-refractivity contribution >= 4 is 38.5 Å². The highest BCUT2D eigenvalue weighted by Gasteiger charge is 2.27. The maximum absolute atomic E-state index is 11.7. The molecule has 1 saturated heterocycles. The monoisotopic (exact) mass is 384 g/mol. The highest BCUT2D eigenvalue weighted by atomic mass is 35.5. The smallest absolute Gasteiger partial charge is 0.314 e. The van der Waals surface area contributed by atoms with Crippen LogP contribution in [0.3, 0.4) is 0 Å². The third-order valence-electron chi connectivity index (χ3n) is 4.25. The lowest BCUT2D eigenvalue weighted by atomic mass is 10.1. The summed E-state index contributed by atoms with van der Waals surface area (Å²) in [6.45, 7) is 0.919. The molecule has 0 radical (unpaired) electrons. The number of aryl methyl sites for hydroxylation is 1. The molecule has 1 unspecified atom stereocenters. The number of sulfone groups is 1. The van der Waals surface area contributed by atoms with E-state index in [1.165, 1.54) is 0 Å². The van der Waals surface area contributed by atoms with Crippen molar-refractivity contribution in [3.8, 4) is 0 Å². The fourth-order valence-electron chi connectivity index (χ4n) is 2.94. The predicted octanol–water partition coefficient (Wildman–Crippen LogP) is 1.88. The molecule has 0 aliphatic carbocycles. The molecule has 7 nitrogen and oxygen atoms in total. The molecule has 2 heterocycles. The average molecular weight is 385 g/mol.